The lowest BCUT2D eigenvalue weighted by atomic mass is 10.2. The molecule has 0 fully saturated rings. The molecule has 120 valence electrons. The minimum absolute atomic E-state index is 0. The molecule has 1 aromatic rings. The highest BCUT2D eigenvalue weighted by Crippen LogP contribution is 2.27. The standard InChI is InChI=1S/C15H25N3O2.HI/c1-11(2)9-17-15(16-3)18-10-12-6-7-13(19-4)14(8-12)20-5;/h6-8,11H,9-10H2,1-5H3,(H2,16,17,18);1H. The van der Waals surface area contributed by atoms with Crippen molar-refractivity contribution in [2.75, 3.05) is 27.8 Å². The maximum absolute atomic E-state index is 5.29. The van der Waals surface area contributed by atoms with Crippen molar-refractivity contribution in [1.82, 2.24) is 10.6 Å². The van der Waals surface area contributed by atoms with Gasteiger partial charge in [0.1, 0.15) is 0 Å². The number of nitrogens with zero attached hydrogens (tertiary/aromatic N) is 1. The molecule has 21 heavy (non-hydrogen) atoms. The molecule has 2 N–H and O–H groups in total. The molecule has 1 rings (SSSR count). The van der Waals surface area contributed by atoms with Gasteiger partial charge >= 0.3 is 0 Å². The molecule has 0 spiro atoms. The van der Waals surface area contributed by atoms with Gasteiger partial charge in [-0.15, -0.1) is 24.0 Å². The molecule has 0 heterocycles. The fourth-order valence-electron chi connectivity index (χ4n) is 1.70. The van der Waals surface area contributed by atoms with E-state index in [1.165, 1.54) is 0 Å². The largest absolute Gasteiger partial charge is 0.493 e. The first kappa shape index (κ1) is 19.8. The van der Waals surface area contributed by atoms with Crippen LogP contribution < -0.4 is 20.1 Å². The molecule has 0 bridgehead atoms. The Bertz CT molecular complexity index is 451. The number of nitrogens with one attached hydrogen (secondary N) is 2. The van der Waals surface area contributed by atoms with Crippen LogP contribution in [0.5, 0.6) is 11.5 Å². The lowest BCUT2D eigenvalue weighted by Gasteiger charge is -2.14. The summed E-state index contributed by atoms with van der Waals surface area (Å²) in [7, 11) is 5.04. The van der Waals surface area contributed by atoms with Gasteiger partial charge in [0.25, 0.3) is 0 Å². The van der Waals surface area contributed by atoms with Crippen molar-refractivity contribution in [2.45, 2.75) is 20.4 Å². The summed E-state index contributed by atoms with van der Waals surface area (Å²) >= 11 is 0. The van der Waals surface area contributed by atoms with Gasteiger partial charge in [0.05, 0.1) is 14.2 Å². The summed E-state index contributed by atoms with van der Waals surface area (Å²) in [6, 6.07) is 5.87. The van der Waals surface area contributed by atoms with E-state index in [9.17, 15) is 0 Å². The fourth-order valence-corrected chi connectivity index (χ4v) is 1.70. The van der Waals surface area contributed by atoms with Gasteiger partial charge in [0.15, 0.2) is 17.5 Å². The smallest absolute Gasteiger partial charge is 0.191 e. The van der Waals surface area contributed by atoms with Gasteiger partial charge in [0, 0.05) is 20.1 Å². The molecule has 0 saturated carbocycles. The summed E-state index contributed by atoms with van der Waals surface area (Å²) in [6.45, 7) is 5.90. The van der Waals surface area contributed by atoms with Gasteiger partial charge in [-0.1, -0.05) is 19.9 Å². The molecule has 5 nitrogen and oxygen atoms in total. The highest BCUT2D eigenvalue weighted by atomic mass is 127. The Balaban J connectivity index is 0.00000400. The third-order valence-electron chi connectivity index (χ3n) is 2.81. The minimum Gasteiger partial charge on any atom is -0.493 e. The highest BCUT2D eigenvalue weighted by molar-refractivity contribution is 14.0. The molecule has 0 amide bonds. The number of methoxy groups -OCH3 is 2. The third kappa shape index (κ3) is 6.88. The number of guanidine groups is 1. The van der Waals surface area contributed by atoms with Gasteiger partial charge in [-0.25, -0.2) is 0 Å². The average molecular weight is 407 g/mol. The van der Waals surface area contributed by atoms with E-state index in [4.69, 9.17) is 9.47 Å². The predicted molar refractivity (Wildman–Crippen MR) is 98.0 cm³/mol. The highest BCUT2D eigenvalue weighted by Gasteiger charge is 2.05. The zero-order chi connectivity index (χ0) is 15.0. The SMILES string of the molecule is CN=C(NCc1ccc(OC)c(OC)c1)NCC(C)C.I. The van der Waals surface area contributed by atoms with Gasteiger partial charge in [0.2, 0.25) is 0 Å². The van der Waals surface area contributed by atoms with Gasteiger partial charge in [-0.05, 0) is 23.6 Å². The fraction of sp³-hybridized carbons (Fsp3) is 0.533. The number of halogens is 1. The van der Waals surface area contributed by atoms with Crippen LogP contribution in [0.15, 0.2) is 23.2 Å². The van der Waals surface area contributed by atoms with Crippen LogP contribution in [0.25, 0.3) is 0 Å². The Morgan fingerprint density at radius 2 is 1.81 bits per heavy atom. The van der Waals surface area contributed by atoms with Gasteiger partial charge in [-0.2, -0.15) is 0 Å². The average Bonchev–Trinajstić information content (AvgIpc) is 2.46. The molecule has 6 heteroatoms. The molecule has 0 radical (unpaired) electrons. The topological polar surface area (TPSA) is 54.9 Å². The van der Waals surface area contributed by atoms with Crippen molar-refractivity contribution in [3.05, 3.63) is 23.8 Å². The van der Waals surface area contributed by atoms with Gasteiger partial charge in [-0.3, -0.25) is 4.99 Å². The Morgan fingerprint density at radius 1 is 1.14 bits per heavy atom. The summed E-state index contributed by atoms with van der Waals surface area (Å²) in [4.78, 5) is 4.19. The van der Waals surface area contributed by atoms with Crippen LogP contribution in [0, 0.1) is 5.92 Å². The van der Waals surface area contributed by atoms with Crippen LogP contribution in [-0.2, 0) is 6.54 Å². The van der Waals surface area contributed by atoms with E-state index in [-0.39, 0.29) is 24.0 Å². The number of hydrogen-bond acceptors (Lipinski definition) is 3. The number of aliphatic imine (C=N–C) groups is 1. The van der Waals surface area contributed by atoms with E-state index in [0.717, 1.165) is 29.6 Å². The second kappa shape index (κ2) is 10.5. The minimum atomic E-state index is 0. The molecule has 0 saturated heterocycles. The quantitative estimate of drug-likeness (QED) is 0.433. The summed E-state index contributed by atoms with van der Waals surface area (Å²) in [6.07, 6.45) is 0. The molecule has 0 unspecified atom stereocenters. The molecule has 1 aromatic carbocycles. The first-order chi connectivity index (χ1) is 9.60. The van der Waals surface area contributed by atoms with Crippen molar-refractivity contribution in [3.8, 4) is 11.5 Å². The lowest BCUT2D eigenvalue weighted by molar-refractivity contribution is 0.354. The van der Waals surface area contributed by atoms with E-state index in [1.807, 2.05) is 18.2 Å². The van der Waals surface area contributed by atoms with Crippen molar-refractivity contribution >= 4 is 29.9 Å². The predicted octanol–water partition coefficient (Wildman–Crippen LogP) is 2.64. The second-order valence-corrected chi connectivity index (χ2v) is 4.89. The monoisotopic (exact) mass is 407 g/mol. The molecule has 0 aliphatic carbocycles. The number of rotatable bonds is 6. The maximum Gasteiger partial charge on any atom is 0.191 e. The van der Waals surface area contributed by atoms with Crippen molar-refractivity contribution in [2.24, 2.45) is 10.9 Å². The molecular formula is C15H26IN3O2. The van der Waals surface area contributed by atoms with Gasteiger partial charge < -0.3 is 20.1 Å². The summed E-state index contributed by atoms with van der Waals surface area (Å²) < 4.78 is 10.5. The molecule has 0 aromatic heterocycles. The summed E-state index contributed by atoms with van der Waals surface area (Å²) in [5.74, 6) is 2.85. The number of ether oxygens (including phenoxy) is 2. The van der Waals surface area contributed by atoms with Crippen LogP contribution in [0.2, 0.25) is 0 Å². The van der Waals surface area contributed by atoms with Crippen LogP contribution in [0.4, 0.5) is 0 Å². The molecule has 0 aliphatic heterocycles. The molecule has 0 aliphatic rings. The lowest BCUT2D eigenvalue weighted by Crippen LogP contribution is -2.38. The normalized spacial score (nSPS) is 10.9. The Hall–Kier alpha value is -1.18. The van der Waals surface area contributed by atoms with E-state index in [0.29, 0.717) is 12.5 Å². The Morgan fingerprint density at radius 3 is 2.33 bits per heavy atom. The molecular weight excluding hydrogens is 381 g/mol. The van der Waals surface area contributed by atoms with E-state index < -0.39 is 0 Å². The Kier molecular flexibility index (Phi) is 9.94. The summed E-state index contributed by atoms with van der Waals surface area (Å²) in [5.41, 5.74) is 1.11. The van der Waals surface area contributed by atoms with Crippen molar-refractivity contribution in [1.29, 1.82) is 0 Å². The maximum atomic E-state index is 5.29. The zero-order valence-corrected chi connectivity index (χ0v) is 15.7. The van der Waals surface area contributed by atoms with Crippen LogP contribution in [0.1, 0.15) is 19.4 Å². The van der Waals surface area contributed by atoms with E-state index in [2.05, 4.69) is 29.5 Å². The zero-order valence-electron chi connectivity index (χ0n) is 13.4. The summed E-state index contributed by atoms with van der Waals surface area (Å²) in [5, 5.41) is 6.55. The van der Waals surface area contributed by atoms with Crippen LogP contribution in [-0.4, -0.2) is 33.8 Å². The van der Waals surface area contributed by atoms with Crippen LogP contribution in [0.3, 0.4) is 0 Å². The van der Waals surface area contributed by atoms with Crippen LogP contribution >= 0.6 is 24.0 Å². The number of hydrogen-bond donors (Lipinski definition) is 2. The first-order valence-corrected chi connectivity index (χ1v) is 6.76. The number of benzene rings is 1. The third-order valence-corrected chi connectivity index (χ3v) is 2.81. The molecule has 0 atom stereocenters. The Labute approximate surface area is 144 Å². The second-order valence-electron chi connectivity index (χ2n) is 4.89. The van der Waals surface area contributed by atoms with Crippen molar-refractivity contribution < 1.29 is 9.47 Å². The first-order valence-electron chi connectivity index (χ1n) is 6.76. The van der Waals surface area contributed by atoms with E-state index >= 15 is 0 Å². The van der Waals surface area contributed by atoms with E-state index in [1.54, 1.807) is 21.3 Å². The van der Waals surface area contributed by atoms with Crippen molar-refractivity contribution in [3.63, 3.8) is 0 Å².